The molecule has 0 radical (unpaired) electrons. The summed E-state index contributed by atoms with van der Waals surface area (Å²) < 4.78 is 25.6. The van der Waals surface area contributed by atoms with Gasteiger partial charge in [0.2, 0.25) is 0 Å². The fraction of sp³-hybridized carbons (Fsp3) is 0.125. The molecule has 0 fully saturated rings. The molecule has 124 valence electrons. The Labute approximate surface area is 145 Å². The lowest BCUT2D eigenvalue weighted by atomic mass is 10.3. The summed E-state index contributed by atoms with van der Waals surface area (Å²) in [6.45, 7) is 0.324. The maximum Gasteiger partial charge on any atom is 0.319 e. The average molecular weight is 365 g/mol. The third-order valence-electron chi connectivity index (χ3n) is 3.08. The molecule has 0 aliphatic carbocycles. The molecule has 4 nitrogen and oxygen atoms in total. The van der Waals surface area contributed by atoms with Crippen molar-refractivity contribution in [2.24, 2.45) is 0 Å². The summed E-state index contributed by atoms with van der Waals surface area (Å²) >= 11 is 1.99. The molecule has 3 rings (SSSR count). The van der Waals surface area contributed by atoms with E-state index in [0.717, 1.165) is 15.2 Å². The number of nitrogens with zero attached hydrogens (tertiary/aromatic N) is 1. The molecule has 2 aromatic carbocycles. The van der Waals surface area contributed by atoms with Gasteiger partial charge in [-0.15, -0.1) is 11.3 Å². The molecule has 8 heteroatoms. The molecule has 2 amide bonds. The minimum absolute atomic E-state index is 0.324. The Balaban J connectivity index is 1.53. The lowest BCUT2D eigenvalue weighted by molar-refractivity contribution is 0.251. The number of thiazole rings is 1. The van der Waals surface area contributed by atoms with Gasteiger partial charge in [0, 0.05) is 10.6 Å². The molecule has 0 unspecified atom stereocenters. The normalized spacial score (nSPS) is 11.0. The number of anilines is 1. The van der Waals surface area contributed by atoms with Gasteiger partial charge in [-0.3, -0.25) is 0 Å². The first-order valence-corrected chi connectivity index (χ1v) is 8.74. The molecule has 0 bridgehead atoms. The van der Waals surface area contributed by atoms with Crippen LogP contribution in [0.1, 0.15) is 5.01 Å². The second-order valence-corrected chi connectivity index (χ2v) is 6.96. The molecule has 0 aliphatic heterocycles. The highest BCUT2D eigenvalue weighted by Crippen LogP contribution is 2.26. The van der Waals surface area contributed by atoms with Crippen molar-refractivity contribution in [3.63, 3.8) is 0 Å². The summed E-state index contributed by atoms with van der Waals surface area (Å²) in [7, 11) is 0. The molecule has 0 aliphatic rings. The zero-order valence-corrected chi connectivity index (χ0v) is 14.0. The van der Waals surface area contributed by atoms with Crippen molar-refractivity contribution in [2.75, 3.05) is 5.32 Å². The molecule has 1 heterocycles. The van der Waals surface area contributed by atoms with Crippen LogP contribution in [-0.2, 0) is 6.54 Å². The van der Waals surface area contributed by atoms with Crippen molar-refractivity contribution in [1.29, 1.82) is 0 Å². The highest BCUT2D eigenvalue weighted by molar-refractivity contribution is 7.99. The van der Waals surface area contributed by atoms with Crippen LogP contribution in [0.5, 0.6) is 0 Å². The second kappa shape index (κ2) is 7.59. The number of carbonyl (C=O) groups is 1. The quantitative estimate of drug-likeness (QED) is 0.630. The van der Waals surface area contributed by atoms with Crippen molar-refractivity contribution >= 4 is 45.0 Å². The Morgan fingerprint density at radius 3 is 2.62 bits per heavy atom. The van der Waals surface area contributed by atoms with Gasteiger partial charge in [-0.25, -0.2) is 9.78 Å². The number of hydrogen-bond acceptors (Lipinski definition) is 4. The number of alkyl halides is 2. The monoisotopic (exact) mass is 365 g/mol. The molecule has 24 heavy (non-hydrogen) atoms. The molecule has 0 atom stereocenters. The molecule has 2 N–H and O–H groups in total. The van der Waals surface area contributed by atoms with Crippen LogP contribution in [0.2, 0.25) is 0 Å². The van der Waals surface area contributed by atoms with Gasteiger partial charge in [0.15, 0.2) is 0 Å². The first-order chi connectivity index (χ1) is 11.6. The van der Waals surface area contributed by atoms with Crippen molar-refractivity contribution < 1.29 is 13.6 Å². The minimum atomic E-state index is -2.46. The van der Waals surface area contributed by atoms with Gasteiger partial charge in [-0.1, -0.05) is 23.9 Å². The first-order valence-electron chi connectivity index (χ1n) is 7.04. The molecule has 0 spiro atoms. The van der Waals surface area contributed by atoms with Crippen LogP contribution < -0.4 is 10.6 Å². The average Bonchev–Trinajstić information content (AvgIpc) is 2.97. The number of benzene rings is 2. The highest BCUT2D eigenvalue weighted by atomic mass is 32.2. The SMILES string of the molecule is O=C(NCc1nc2ccccc2s1)Nc1ccc(SC(F)F)cc1. The Morgan fingerprint density at radius 1 is 1.17 bits per heavy atom. The van der Waals surface area contributed by atoms with Crippen molar-refractivity contribution in [3.05, 3.63) is 53.5 Å². The molecule has 0 saturated heterocycles. The summed E-state index contributed by atoms with van der Waals surface area (Å²) in [5, 5.41) is 6.20. The number of nitrogens with one attached hydrogen (secondary N) is 2. The fourth-order valence-corrected chi connectivity index (χ4v) is 3.45. The van der Waals surface area contributed by atoms with E-state index in [-0.39, 0.29) is 6.03 Å². The van der Waals surface area contributed by atoms with Crippen molar-refractivity contribution in [3.8, 4) is 0 Å². The smallest absolute Gasteiger partial charge is 0.319 e. The van der Waals surface area contributed by atoms with E-state index in [4.69, 9.17) is 0 Å². The van der Waals surface area contributed by atoms with E-state index in [1.54, 1.807) is 24.3 Å². The minimum Gasteiger partial charge on any atom is -0.331 e. The summed E-state index contributed by atoms with van der Waals surface area (Å²) in [4.78, 5) is 16.8. The zero-order valence-electron chi connectivity index (χ0n) is 12.3. The van der Waals surface area contributed by atoms with Gasteiger partial charge in [0.1, 0.15) is 5.01 Å². The van der Waals surface area contributed by atoms with Crippen LogP contribution in [0, 0.1) is 0 Å². The maximum atomic E-state index is 12.2. The Bertz CT molecular complexity index is 804. The van der Waals surface area contributed by atoms with Crippen LogP contribution in [0.25, 0.3) is 10.2 Å². The molecule has 1 aromatic heterocycles. The van der Waals surface area contributed by atoms with Gasteiger partial charge in [0.25, 0.3) is 5.76 Å². The van der Waals surface area contributed by atoms with E-state index in [1.165, 1.54) is 11.3 Å². The number of urea groups is 1. The van der Waals surface area contributed by atoms with Crippen molar-refractivity contribution in [1.82, 2.24) is 10.3 Å². The number of halogens is 2. The third-order valence-corrected chi connectivity index (χ3v) is 4.83. The van der Waals surface area contributed by atoms with E-state index in [1.807, 2.05) is 24.3 Å². The molecule has 0 saturated carbocycles. The van der Waals surface area contributed by atoms with Crippen molar-refractivity contribution in [2.45, 2.75) is 17.2 Å². The topological polar surface area (TPSA) is 54.0 Å². The molecular weight excluding hydrogens is 352 g/mol. The second-order valence-electron chi connectivity index (χ2n) is 4.79. The van der Waals surface area contributed by atoms with Gasteiger partial charge >= 0.3 is 6.03 Å². The number of aromatic nitrogens is 1. The van der Waals surface area contributed by atoms with Crippen LogP contribution >= 0.6 is 23.1 Å². The molecular formula is C16H13F2N3OS2. The van der Waals surface area contributed by atoms with E-state index in [0.29, 0.717) is 28.9 Å². The lowest BCUT2D eigenvalue weighted by Crippen LogP contribution is -2.28. The van der Waals surface area contributed by atoms with Gasteiger partial charge < -0.3 is 10.6 Å². The summed E-state index contributed by atoms with van der Waals surface area (Å²) in [6.07, 6.45) is 0. The fourth-order valence-electron chi connectivity index (χ4n) is 2.05. The van der Waals surface area contributed by atoms with E-state index >= 15 is 0 Å². The van der Waals surface area contributed by atoms with Gasteiger partial charge in [0.05, 0.1) is 16.8 Å². The van der Waals surface area contributed by atoms with Crippen LogP contribution in [0.3, 0.4) is 0 Å². The largest absolute Gasteiger partial charge is 0.331 e. The number of para-hydroxylation sites is 1. The number of amides is 2. The zero-order chi connectivity index (χ0) is 16.9. The highest BCUT2D eigenvalue weighted by Gasteiger charge is 2.07. The Morgan fingerprint density at radius 2 is 1.92 bits per heavy atom. The first kappa shape index (κ1) is 16.7. The van der Waals surface area contributed by atoms with E-state index in [9.17, 15) is 13.6 Å². The summed E-state index contributed by atoms with van der Waals surface area (Å²) in [6, 6.07) is 13.7. The molecule has 3 aromatic rings. The maximum absolute atomic E-state index is 12.2. The summed E-state index contributed by atoms with van der Waals surface area (Å²) in [5.74, 6) is -2.46. The predicted octanol–water partition coefficient (Wildman–Crippen LogP) is 4.93. The standard InChI is InChI=1S/C16H13F2N3OS2/c17-15(18)23-11-7-5-10(6-8-11)20-16(22)19-9-14-21-12-3-1-2-4-13(12)24-14/h1-8,15H,9H2,(H2,19,20,22). The number of carbonyl (C=O) groups excluding carboxylic acids is 1. The lowest BCUT2D eigenvalue weighted by Gasteiger charge is -2.07. The number of thioether (sulfide) groups is 1. The predicted molar refractivity (Wildman–Crippen MR) is 93.8 cm³/mol. The number of hydrogen-bond donors (Lipinski definition) is 2. The van der Waals surface area contributed by atoms with Crippen LogP contribution in [0.4, 0.5) is 19.3 Å². The number of fused-ring (bicyclic) bond motifs is 1. The van der Waals surface area contributed by atoms with Gasteiger partial charge in [-0.05, 0) is 36.4 Å². The van der Waals surface area contributed by atoms with Gasteiger partial charge in [-0.2, -0.15) is 8.78 Å². The Hall–Kier alpha value is -2.19. The van der Waals surface area contributed by atoms with E-state index < -0.39 is 5.76 Å². The van der Waals surface area contributed by atoms with Crippen LogP contribution in [0.15, 0.2) is 53.4 Å². The van der Waals surface area contributed by atoms with Crippen LogP contribution in [-0.4, -0.2) is 16.8 Å². The third kappa shape index (κ3) is 4.42. The van der Waals surface area contributed by atoms with E-state index in [2.05, 4.69) is 15.6 Å². The summed E-state index contributed by atoms with van der Waals surface area (Å²) in [5.41, 5.74) is 1.45. The Kier molecular flexibility index (Phi) is 5.27. The number of rotatable bonds is 5.